The van der Waals surface area contributed by atoms with E-state index in [1.54, 1.807) is 0 Å². The van der Waals surface area contributed by atoms with E-state index in [1.807, 2.05) is 0 Å². The molecule has 0 amide bonds. The normalized spacial score (nSPS) is 11.9. The summed E-state index contributed by atoms with van der Waals surface area (Å²) in [6.45, 7) is 11.9. The molecule has 0 radical (unpaired) electrons. The summed E-state index contributed by atoms with van der Waals surface area (Å²) < 4.78 is 25.4. The highest BCUT2D eigenvalue weighted by Gasteiger charge is 2.20. The van der Waals surface area contributed by atoms with Gasteiger partial charge in [0, 0.05) is 44.3 Å². The maximum Gasteiger partial charge on any atom is 0.119 e. The monoisotopic (exact) mass is 1180 g/mol. The average Bonchev–Trinajstić information content (AvgIpc) is 1.87. The highest BCUT2D eigenvalue weighted by atomic mass is 16.5. The van der Waals surface area contributed by atoms with Gasteiger partial charge in [-0.2, -0.15) is 0 Å². The molecule has 4 aromatic carbocycles. The number of benzene rings is 4. The van der Waals surface area contributed by atoms with Gasteiger partial charge in [-0.05, 0) is 145 Å². The molecule has 7 aromatic rings. The standard InChI is InChI=1S/C80H102N4O4/c1-5-9-13-17-21-25-29-57-85-65-41-33-61(34-42-65)77-69-49-51-71(81-69)78(62-35-43-66(44-36-62)86-58-30-26-22-18-14-10-6-2)73-53-55-75(83-73)80(64-39-47-68(48-40-64)88-60-32-28-24-20-16-12-8-4)76-56-54-74(84-76)79(72-52-50-70(77)82-72)63-37-45-67(46-38-63)87-59-31-27-23-19-15-11-7-3/h33-56,81,84H,5-32,57-60H2,1-4H3. The second-order valence-corrected chi connectivity index (χ2v) is 24.5. The van der Waals surface area contributed by atoms with Crippen LogP contribution in [0.5, 0.6) is 23.0 Å². The van der Waals surface area contributed by atoms with Gasteiger partial charge < -0.3 is 28.9 Å². The largest absolute Gasteiger partial charge is 0.494 e. The van der Waals surface area contributed by atoms with Gasteiger partial charge in [0.2, 0.25) is 0 Å². The van der Waals surface area contributed by atoms with Crippen molar-refractivity contribution >= 4 is 46.4 Å². The molecule has 0 fully saturated rings. The molecule has 2 aliphatic heterocycles. The van der Waals surface area contributed by atoms with E-state index in [0.717, 1.165) is 138 Å². The second-order valence-electron chi connectivity index (χ2n) is 24.5. The number of aromatic amines is 2. The fraction of sp³-hybridized carbons (Fsp3) is 0.450. The third-order valence-corrected chi connectivity index (χ3v) is 17.4. The number of aromatic nitrogens is 4. The number of H-pyrrole nitrogens is 2. The molecule has 88 heavy (non-hydrogen) atoms. The van der Waals surface area contributed by atoms with E-state index in [-0.39, 0.29) is 0 Å². The number of fused-ring (bicyclic) bond motifs is 8. The molecule has 8 bridgehead atoms. The minimum Gasteiger partial charge on any atom is -0.494 e. The van der Waals surface area contributed by atoms with E-state index in [0.29, 0.717) is 26.4 Å². The van der Waals surface area contributed by atoms with E-state index in [4.69, 9.17) is 28.9 Å². The molecule has 2 N–H and O–H groups in total. The van der Waals surface area contributed by atoms with Gasteiger partial charge in [0.25, 0.3) is 0 Å². The molecule has 0 saturated carbocycles. The van der Waals surface area contributed by atoms with Crippen molar-refractivity contribution in [2.45, 2.75) is 207 Å². The SMILES string of the molecule is CCCCCCCCCOc1ccc(-c2c3nc(c(-c4ccc(OCCCCCCCCC)cc4)c4ccc([nH]4)c(-c4ccc(OCCCCCCCCC)cc4)c4nc(c(-c5ccc(OCCCCCCCCC)cc5)c5ccc2[nH]5)C=C4)C=C3)cc1. The van der Waals surface area contributed by atoms with Gasteiger partial charge in [-0.3, -0.25) is 0 Å². The van der Waals surface area contributed by atoms with E-state index in [9.17, 15) is 0 Å². The summed E-state index contributed by atoms with van der Waals surface area (Å²) in [7, 11) is 0. The maximum absolute atomic E-state index is 6.36. The third kappa shape index (κ3) is 19.3. The Morgan fingerprint density at radius 2 is 0.432 bits per heavy atom. The number of nitrogens with one attached hydrogen (secondary N) is 2. The first-order valence-corrected chi connectivity index (χ1v) is 34.6. The summed E-state index contributed by atoms with van der Waals surface area (Å²) in [6, 6.07) is 43.2. The molecular formula is C80H102N4O4. The van der Waals surface area contributed by atoms with Crippen molar-refractivity contribution in [3.05, 3.63) is 144 Å². The highest BCUT2D eigenvalue weighted by Crippen LogP contribution is 2.40. The van der Waals surface area contributed by atoms with Crippen LogP contribution in [0.3, 0.4) is 0 Å². The molecule has 0 saturated heterocycles. The first-order chi connectivity index (χ1) is 43.5. The van der Waals surface area contributed by atoms with Gasteiger partial charge in [-0.1, -0.05) is 230 Å². The minimum absolute atomic E-state index is 0.713. The number of hydrogen-bond donors (Lipinski definition) is 2. The Kier molecular flexibility index (Phi) is 26.8. The van der Waals surface area contributed by atoms with Crippen LogP contribution in [-0.2, 0) is 0 Å². The van der Waals surface area contributed by atoms with Crippen LogP contribution in [0.15, 0.2) is 121 Å². The molecule has 0 unspecified atom stereocenters. The van der Waals surface area contributed by atoms with E-state index >= 15 is 0 Å². The zero-order valence-electron chi connectivity index (χ0n) is 54.0. The molecule has 0 aliphatic carbocycles. The lowest BCUT2D eigenvalue weighted by Gasteiger charge is -2.10. The van der Waals surface area contributed by atoms with Gasteiger partial charge in [-0.25, -0.2) is 9.97 Å². The van der Waals surface area contributed by atoms with Crippen molar-refractivity contribution in [3.8, 4) is 67.5 Å². The number of unbranched alkanes of at least 4 members (excludes halogenated alkanes) is 24. The van der Waals surface area contributed by atoms with Gasteiger partial charge in [0.05, 0.1) is 49.2 Å². The Hall–Kier alpha value is -7.32. The minimum atomic E-state index is 0.713. The molecule has 2 aliphatic rings. The van der Waals surface area contributed by atoms with E-state index in [2.05, 4.69) is 183 Å². The van der Waals surface area contributed by atoms with Gasteiger partial charge >= 0.3 is 0 Å². The van der Waals surface area contributed by atoms with Crippen molar-refractivity contribution < 1.29 is 18.9 Å². The Morgan fingerprint density at radius 3 is 0.636 bits per heavy atom. The smallest absolute Gasteiger partial charge is 0.119 e. The zero-order chi connectivity index (χ0) is 60.8. The summed E-state index contributed by atoms with van der Waals surface area (Å²) in [5, 5.41) is 0. The summed E-state index contributed by atoms with van der Waals surface area (Å²) in [6.07, 6.45) is 43.7. The summed E-state index contributed by atoms with van der Waals surface area (Å²) in [4.78, 5) is 19.2. The Bertz CT molecular complexity index is 2960. The van der Waals surface area contributed by atoms with Crippen molar-refractivity contribution in [1.82, 2.24) is 19.9 Å². The number of hydrogen-bond acceptors (Lipinski definition) is 6. The van der Waals surface area contributed by atoms with Crippen LogP contribution in [0, 0.1) is 0 Å². The lowest BCUT2D eigenvalue weighted by Crippen LogP contribution is -1.97. The predicted octanol–water partition coefficient (Wildman–Crippen LogP) is 23.8. The van der Waals surface area contributed by atoms with E-state index in [1.165, 1.54) is 154 Å². The molecule has 5 heterocycles. The van der Waals surface area contributed by atoms with Crippen LogP contribution in [0.2, 0.25) is 0 Å². The molecule has 8 nitrogen and oxygen atoms in total. The molecule has 3 aromatic heterocycles. The molecule has 8 heteroatoms. The van der Waals surface area contributed by atoms with Crippen molar-refractivity contribution in [3.63, 3.8) is 0 Å². The predicted molar refractivity (Wildman–Crippen MR) is 375 cm³/mol. The number of nitrogens with zero attached hydrogens (tertiary/aromatic N) is 2. The quantitative estimate of drug-likeness (QED) is 0.0372. The number of rotatable bonds is 40. The lowest BCUT2D eigenvalue weighted by molar-refractivity contribution is 0.304. The summed E-state index contributed by atoms with van der Waals surface area (Å²) in [5.41, 5.74) is 15.4. The highest BCUT2D eigenvalue weighted by molar-refractivity contribution is 6.00. The zero-order valence-corrected chi connectivity index (χ0v) is 54.0. The molecule has 0 spiro atoms. The van der Waals surface area contributed by atoms with Crippen LogP contribution < -0.4 is 18.9 Å². The van der Waals surface area contributed by atoms with Crippen molar-refractivity contribution in [2.24, 2.45) is 0 Å². The van der Waals surface area contributed by atoms with Gasteiger partial charge in [0.15, 0.2) is 0 Å². The van der Waals surface area contributed by atoms with Gasteiger partial charge in [-0.15, -0.1) is 0 Å². The Balaban J connectivity index is 1.13. The van der Waals surface area contributed by atoms with Gasteiger partial charge in [0.1, 0.15) is 23.0 Å². The van der Waals surface area contributed by atoms with Crippen LogP contribution in [0.4, 0.5) is 0 Å². The third-order valence-electron chi connectivity index (χ3n) is 17.4. The van der Waals surface area contributed by atoms with E-state index < -0.39 is 0 Å². The second kappa shape index (κ2) is 36.2. The topological polar surface area (TPSA) is 94.3 Å². The summed E-state index contributed by atoms with van der Waals surface area (Å²) in [5.74, 6) is 3.51. The Labute approximate surface area is 528 Å². The maximum atomic E-state index is 6.36. The molecular weight excluding hydrogens is 1080 g/mol. The molecule has 9 rings (SSSR count). The fourth-order valence-corrected chi connectivity index (χ4v) is 12.3. The lowest BCUT2D eigenvalue weighted by atomic mass is 10.0. The first-order valence-electron chi connectivity index (χ1n) is 34.6. The summed E-state index contributed by atoms with van der Waals surface area (Å²) >= 11 is 0. The van der Waals surface area contributed by atoms with Crippen LogP contribution in [0.1, 0.15) is 230 Å². The average molecular weight is 1180 g/mol. The van der Waals surface area contributed by atoms with Crippen molar-refractivity contribution in [2.75, 3.05) is 26.4 Å². The fourth-order valence-electron chi connectivity index (χ4n) is 12.3. The van der Waals surface area contributed by atoms with Crippen LogP contribution >= 0.6 is 0 Å². The molecule has 466 valence electrons. The number of ether oxygens (including phenoxy) is 4. The van der Waals surface area contributed by atoms with Crippen LogP contribution in [-0.4, -0.2) is 46.4 Å². The Morgan fingerprint density at radius 1 is 0.239 bits per heavy atom. The molecule has 0 atom stereocenters. The first kappa shape index (κ1) is 65.1. The van der Waals surface area contributed by atoms with Crippen molar-refractivity contribution in [1.29, 1.82) is 0 Å². The van der Waals surface area contributed by atoms with Crippen LogP contribution in [0.25, 0.3) is 90.9 Å².